The van der Waals surface area contributed by atoms with E-state index in [2.05, 4.69) is 0 Å². The van der Waals surface area contributed by atoms with Crippen LogP contribution in [0.3, 0.4) is 0 Å². The van der Waals surface area contributed by atoms with Gasteiger partial charge in [-0.25, -0.2) is 8.42 Å². The predicted molar refractivity (Wildman–Crippen MR) is 105 cm³/mol. The molecule has 1 fully saturated rings. The maximum atomic E-state index is 12.9. The summed E-state index contributed by atoms with van der Waals surface area (Å²) in [5.74, 6) is 0. The van der Waals surface area contributed by atoms with Crippen LogP contribution in [0.1, 0.15) is 4.88 Å². The molecule has 1 aliphatic heterocycles. The number of nitro benzene ring substituents is 1. The average molecular weight is 412 g/mol. The third-order valence-corrected chi connectivity index (χ3v) is 7.50. The first-order valence-corrected chi connectivity index (χ1v) is 10.9. The Labute approximate surface area is 162 Å². The molecular formula is C17H23N4O4S2+. The van der Waals surface area contributed by atoms with Crippen LogP contribution in [0.15, 0.2) is 40.6 Å². The maximum Gasteiger partial charge on any atom is 0.293 e. The van der Waals surface area contributed by atoms with Crippen molar-refractivity contribution in [3.8, 4) is 0 Å². The van der Waals surface area contributed by atoms with E-state index in [1.165, 1.54) is 27.4 Å². The van der Waals surface area contributed by atoms with E-state index in [1.807, 2.05) is 24.6 Å². The molecule has 1 saturated heterocycles. The van der Waals surface area contributed by atoms with Gasteiger partial charge in [0.25, 0.3) is 5.69 Å². The molecule has 0 spiro atoms. The Balaban J connectivity index is 1.90. The first-order chi connectivity index (χ1) is 12.8. The van der Waals surface area contributed by atoms with Crippen molar-refractivity contribution in [1.29, 1.82) is 0 Å². The van der Waals surface area contributed by atoms with Crippen molar-refractivity contribution in [3.63, 3.8) is 0 Å². The van der Waals surface area contributed by atoms with Gasteiger partial charge < -0.3 is 9.80 Å². The number of hydrogen-bond donors (Lipinski definition) is 1. The van der Waals surface area contributed by atoms with Crippen molar-refractivity contribution < 1.29 is 18.2 Å². The Hall–Kier alpha value is -2.01. The monoisotopic (exact) mass is 411 g/mol. The van der Waals surface area contributed by atoms with Crippen LogP contribution in [0.25, 0.3) is 0 Å². The van der Waals surface area contributed by atoms with Crippen molar-refractivity contribution in [1.82, 2.24) is 4.31 Å². The number of likely N-dealkylation sites (N-methyl/N-ethyl adjacent to an activating group) is 1. The minimum absolute atomic E-state index is 0.0259. The van der Waals surface area contributed by atoms with E-state index < -0.39 is 14.9 Å². The zero-order valence-electron chi connectivity index (χ0n) is 15.3. The summed E-state index contributed by atoms with van der Waals surface area (Å²) >= 11 is 1.57. The molecule has 2 aromatic rings. The number of quaternary nitrogens is 1. The first kappa shape index (κ1) is 19.7. The molecule has 0 amide bonds. The highest BCUT2D eigenvalue weighted by atomic mass is 32.2. The number of nitro groups is 1. The molecule has 0 radical (unpaired) electrons. The summed E-state index contributed by atoms with van der Waals surface area (Å²) in [6.45, 7) is 2.81. The van der Waals surface area contributed by atoms with Crippen LogP contribution in [-0.4, -0.2) is 57.9 Å². The molecular weight excluding hydrogens is 388 g/mol. The average Bonchev–Trinajstić information content (AvgIpc) is 3.14. The third kappa shape index (κ3) is 4.29. The fraction of sp³-hybridized carbons (Fsp3) is 0.412. The summed E-state index contributed by atoms with van der Waals surface area (Å²) in [6, 6.07) is 8.06. The Morgan fingerprint density at radius 2 is 2.00 bits per heavy atom. The predicted octanol–water partition coefficient (Wildman–Crippen LogP) is 0.812. The number of piperazine rings is 1. The molecule has 2 heterocycles. The van der Waals surface area contributed by atoms with E-state index in [0.717, 1.165) is 18.0 Å². The van der Waals surface area contributed by atoms with Gasteiger partial charge in [-0.15, -0.1) is 11.3 Å². The number of nitrogens with one attached hydrogen (secondary N) is 1. The number of benzene rings is 1. The lowest BCUT2D eigenvalue weighted by Gasteiger charge is -2.29. The SMILES string of the molecule is CN(Cc1cccs1)c1ccc(S(=O)(=O)N2CC[NH+](C)CC2)cc1[N+](=O)[O-]. The Kier molecular flexibility index (Phi) is 5.80. The molecule has 0 unspecified atom stereocenters. The second-order valence-electron chi connectivity index (χ2n) is 6.70. The van der Waals surface area contributed by atoms with Crippen LogP contribution >= 0.6 is 11.3 Å². The van der Waals surface area contributed by atoms with Gasteiger partial charge in [-0.05, 0) is 23.6 Å². The molecule has 1 aromatic carbocycles. The minimum Gasteiger partial charge on any atom is -0.364 e. The van der Waals surface area contributed by atoms with Gasteiger partial charge in [0.1, 0.15) is 5.69 Å². The van der Waals surface area contributed by atoms with Gasteiger partial charge in [0.05, 0.1) is 49.6 Å². The number of thiophene rings is 1. The smallest absolute Gasteiger partial charge is 0.293 e. The lowest BCUT2D eigenvalue weighted by atomic mass is 10.2. The molecule has 8 nitrogen and oxygen atoms in total. The van der Waals surface area contributed by atoms with E-state index in [9.17, 15) is 18.5 Å². The second kappa shape index (κ2) is 7.93. The van der Waals surface area contributed by atoms with Crippen molar-refractivity contribution in [2.75, 3.05) is 45.2 Å². The summed E-state index contributed by atoms with van der Waals surface area (Å²) < 4.78 is 27.2. The first-order valence-electron chi connectivity index (χ1n) is 8.62. The maximum absolute atomic E-state index is 12.9. The van der Waals surface area contributed by atoms with Gasteiger partial charge in [-0.2, -0.15) is 4.31 Å². The summed E-state index contributed by atoms with van der Waals surface area (Å²) in [5, 5.41) is 13.5. The van der Waals surface area contributed by atoms with E-state index in [1.54, 1.807) is 23.3 Å². The topological polar surface area (TPSA) is 88.2 Å². The summed E-state index contributed by atoms with van der Waals surface area (Å²) in [7, 11) is 0.0494. The van der Waals surface area contributed by atoms with Gasteiger partial charge >= 0.3 is 0 Å². The highest BCUT2D eigenvalue weighted by Gasteiger charge is 2.31. The molecule has 0 atom stereocenters. The summed E-state index contributed by atoms with van der Waals surface area (Å²) in [5.41, 5.74) is 0.199. The molecule has 0 aliphatic carbocycles. The molecule has 1 N–H and O–H groups in total. The van der Waals surface area contributed by atoms with E-state index in [4.69, 9.17) is 0 Å². The van der Waals surface area contributed by atoms with Crippen LogP contribution < -0.4 is 9.80 Å². The van der Waals surface area contributed by atoms with E-state index in [0.29, 0.717) is 25.3 Å². The fourth-order valence-corrected chi connectivity index (χ4v) is 5.33. The molecule has 1 aromatic heterocycles. The molecule has 0 saturated carbocycles. The van der Waals surface area contributed by atoms with E-state index in [-0.39, 0.29) is 10.6 Å². The van der Waals surface area contributed by atoms with Gasteiger partial charge in [0.2, 0.25) is 10.0 Å². The van der Waals surface area contributed by atoms with Crippen molar-refractivity contribution >= 4 is 32.7 Å². The highest BCUT2D eigenvalue weighted by Crippen LogP contribution is 2.32. The number of nitrogens with zero attached hydrogens (tertiary/aromatic N) is 3. The molecule has 3 rings (SSSR count). The lowest BCUT2D eigenvalue weighted by Crippen LogP contribution is -3.12. The minimum atomic E-state index is -3.73. The molecule has 10 heteroatoms. The zero-order valence-corrected chi connectivity index (χ0v) is 16.9. The van der Waals surface area contributed by atoms with Crippen LogP contribution in [0.4, 0.5) is 11.4 Å². The van der Waals surface area contributed by atoms with E-state index >= 15 is 0 Å². The highest BCUT2D eigenvalue weighted by molar-refractivity contribution is 7.89. The lowest BCUT2D eigenvalue weighted by molar-refractivity contribution is -0.883. The molecule has 146 valence electrons. The number of hydrogen-bond acceptors (Lipinski definition) is 6. The van der Waals surface area contributed by atoms with Crippen LogP contribution in [0.5, 0.6) is 0 Å². The van der Waals surface area contributed by atoms with Gasteiger partial charge in [0, 0.05) is 18.0 Å². The molecule has 1 aliphatic rings. The Bertz CT molecular complexity index is 907. The van der Waals surface area contributed by atoms with Crippen molar-refractivity contribution in [3.05, 3.63) is 50.7 Å². The summed E-state index contributed by atoms with van der Waals surface area (Å²) in [4.78, 5) is 15.2. The number of rotatable bonds is 6. The number of anilines is 1. The fourth-order valence-electron chi connectivity index (χ4n) is 3.11. The van der Waals surface area contributed by atoms with Crippen molar-refractivity contribution in [2.24, 2.45) is 0 Å². The van der Waals surface area contributed by atoms with Crippen LogP contribution in [-0.2, 0) is 16.6 Å². The van der Waals surface area contributed by atoms with Crippen LogP contribution in [0.2, 0.25) is 0 Å². The third-order valence-electron chi connectivity index (χ3n) is 4.74. The number of sulfonamides is 1. The second-order valence-corrected chi connectivity index (χ2v) is 9.67. The molecule has 27 heavy (non-hydrogen) atoms. The largest absolute Gasteiger partial charge is 0.364 e. The van der Waals surface area contributed by atoms with Crippen LogP contribution in [0, 0.1) is 10.1 Å². The van der Waals surface area contributed by atoms with Gasteiger partial charge in [0.15, 0.2) is 0 Å². The Morgan fingerprint density at radius 3 is 2.59 bits per heavy atom. The standard InChI is InChI=1S/C17H22N4O4S2/c1-18-7-9-20(10-8-18)27(24,25)15-5-6-16(17(12-15)21(22)23)19(2)13-14-4-3-11-26-14/h3-6,11-12H,7-10,13H2,1-2H3/p+1. The summed E-state index contributed by atoms with van der Waals surface area (Å²) in [6.07, 6.45) is 0. The molecule has 0 bridgehead atoms. The van der Waals surface area contributed by atoms with Crippen molar-refractivity contribution in [2.45, 2.75) is 11.4 Å². The van der Waals surface area contributed by atoms with Gasteiger partial charge in [-0.1, -0.05) is 6.07 Å². The quantitative estimate of drug-likeness (QED) is 0.561. The zero-order chi connectivity index (χ0) is 19.6. The normalized spacial score (nSPS) is 16.4. The van der Waals surface area contributed by atoms with Gasteiger partial charge in [-0.3, -0.25) is 10.1 Å². The Morgan fingerprint density at radius 1 is 1.30 bits per heavy atom.